The Morgan fingerprint density at radius 2 is 1.64 bits per heavy atom. The van der Waals surface area contributed by atoms with Crippen molar-refractivity contribution >= 4 is 29.9 Å². The number of tetrazole rings is 1. The average Bonchev–Trinajstić information content (AvgIpc) is 3.57. The van der Waals surface area contributed by atoms with Crippen LogP contribution in [0, 0.1) is 11.8 Å². The molecule has 2 heterocycles. The fraction of sp³-hybridized carbons (Fsp3) is 0.367. The molecule has 5 rings (SSSR count). The van der Waals surface area contributed by atoms with Gasteiger partial charge in [-0.1, -0.05) is 24.3 Å². The normalized spacial score (nSPS) is 17.0. The minimum absolute atomic E-state index is 0. The van der Waals surface area contributed by atoms with Gasteiger partial charge < -0.3 is 16.0 Å². The Hall–Kier alpha value is -4.62. The molecule has 2 aromatic carbocycles. The number of H-pyrrole nitrogens is 1. The van der Waals surface area contributed by atoms with Gasteiger partial charge in [-0.25, -0.2) is 4.79 Å². The number of aromatic nitrogens is 6. The monoisotopic (exact) mass is 621 g/mol. The Morgan fingerprint density at radius 1 is 1.00 bits per heavy atom. The molecule has 0 unspecified atom stereocenters. The third-order valence-electron chi connectivity index (χ3n) is 8.30. The molecule has 0 saturated heterocycles. The van der Waals surface area contributed by atoms with Crippen molar-refractivity contribution in [3.8, 4) is 22.5 Å². The molecule has 1 saturated carbocycles. The highest BCUT2D eigenvalue weighted by Gasteiger charge is 2.36. The number of aryl methyl sites for hydroxylation is 1. The van der Waals surface area contributed by atoms with E-state index >= 15 is 0 Å². The van der Waals surface area contributed by atoms with E-state index in [1.54, 1.807) is 55.6 Å². The second kappa shape index (κ2) is 13.8. The van der Waals surface area contributed by atoms with Crippen molar-refractivity contribution in [2.45, 2.75) is 38.1 Å². The van der Waals surface area contributed by atoms with E-state index in [1.165, 1.54) is 22.7 Å². The van der Waals surface area contributed by atoms with Crippen LogP contribution in [0.3, 0.4) is 0 Å². The molecule has 0 spiro atoms. The van der Waals surface area contributed by atoms with Crippen molar-refractivity contribution < 1.29 is 9.59 Å². The molecular weight excluding hydrogens is 586 g/mol. The van der Waals surface area contributed by atoms with Crippen molar-refractivity contribution in [1.29, 1.82) is 0 Å². The first-order valence-electron chi connectivity index (χ1n) is 14.2. The largest absolute Gasteiger partial charge is 0.368 e. The Bertz CT molecular complexity index is 1710. The highest BCUT2D eigenvalue weighted by Crippen LogP contribution is 2.33. The molecule has 232 valence electrons. The average molecular weight is 622 g/mol. The van der Waals surface area contributed by atoms with Gasteiger partial charge in [0.15, 0.2) is 0 Å². The van der Waals surface area contributed by atoms with E-state index in [1.807, 2.05) is 0 Å². The lowest BCUT2D eigenvalue weighted by molar-refractivity contribution is -0.127. The predicted molar refractivity (Wildman–Crippen MR) is 168 cm³/mol. The van der Waals surface area contributed by atoms with Crippen molar-refractivity contribution in [2.24, 2.45) is 37.4 Å². The van der Waals surface area contributed by atoms with E-state index in [0.717, 1.165) is 23.0 Å². The molecule has 1 atom stereocenters. The smallest absolute Gasteiger partial charge is 0.330 e. The number of carbonyl (C=O) groups excluding carboxylic acids is 2. The van der Waals surface area contributed by atoms with E-state index in [9.17, 15) is 19.2 Å². The van der Waals surface area contributed by atoms with Crippen molar-refractivity contribution in [1.82, 2.24) is 29.8 Å². The Morgan fingerprint density at radius 3 is 2.20 bits per heavy atom. The second-order valence-corrected chi connectivity index (χ2v) is 11.1. The first-order valence-corrected chi connectivity index (χ1v) is 14.2. The van der Waals surface area contributed by atoms with Crippen molar-refractivity contribution in [3.63, 3.8) is 0 Å². The van der Waals surface area contributed by atoms with Gasteiger partial charge in [0, 0.05) is 43.9 Å². The summed E-state index contributed by atoms with van der Waals surface area (Å²) < 4.78 is 2.41. The first-order chi connectivity index (χ1) is 20.7. The van der Waals surface area contributed by atoms with Crippen LogP contribution < -0.4 is 27.6 Å². The summed E-state index contributed by atoms with van der Waals surface area (Å²) in [4.78, 5) is 53.4. The highest BCUT2D eigenvalue weighted by molar-refractivity contribution is 6.01. The van der Waals surface area contributed by atoms with Gasteiger partial charge in [0.25, 0.3) is 5.56 Å². The van der Waals surface area contributed by atoms with E-state index < -0.39 is 23.2 Å². The van der Waals surface area contributed by atoms with Crippen molar-refractivity contribution in [2.75, 3.05) is 11.4 Å². The molecule has 1 fully saturated rings. The number of nitrogens with zero attached hydrogens (tertiary/aromatic N) is 6. The lowest BCUT2D eigenvalue weighted by atomic mass is 9.81. The maximum Gasteiger partial charge on any atom is 0.330 e. The molecule has 1 aliphatic carbocycles. The minimum Gasteiger partial charge on any atom is -0.368 e. The Kier molecular flexibility index (Phi) is 10.1. The fourth-order valence-electron chi connectivity index (χ4n) is 5.73. The number of hydrogen-bond donors (Lipinski definition) is 3. The van der Waals surface area contributed by atoms with Crippen LogP contribution in [0.5, 0.6) is 0 Å². The summed E-state index contributed by atoms with van der Waals surface area (Å²) >= 11 is 0. The van der Waals surface area contributed by atoms with Gasteiger partial charge in [0.05, 0.1) is 5.56 Å². The van der Waals surface area contributed by atoms with Crippen LogP contribution in [0.1, 0.15) is 31.2 Å². The summed E-state index contributed by atoms with van der Waals surface area (Å²) in [6.07, 6.45) is 4.75. The third kappa shape index (κ3) is 6.63. The van der Waals surface area contributed by atoms with Crippen LogP contribution in [-0.4, -0.2) is 54.2 Å². The molecule has 2 aromatic heterocycles. The topological polar surface area (TPSA) is 188 Å². The van der Waals surface area contributed by atoms with E-state index in [0.29, 0.717) is 53.5 Å². The van der Waals surface area contributed by atoms with Crippen LogP contribution in [0.2, 0.25) is 0 Å². The van der Waals surface area contributed by atoms with Gasteiger partial charge in [-0.3, -0.25) is 23.9 Å². The van der Waals surface area contributed by atoms with Crippen LogP contribution in [-0.2, 0) is 30.1 Å². The van der Waals surface area contributed by atoms with E-state index in [-0.39, 0.29) is 30.7 Å². The summed E-state index contributed by atoms with van der Waals surface area (Å²) in [7, 11) is 3.02. The molecule has 4 aromatic rings. The third-order valence-corrected chi connectivity index (χ3v) is 8.30. The van der Waals surface area contributed by atoms with E-state index in [2.05, 4.69) is 20.6 Å². The van der Waals surface area contributed by atoms with Crippen LogP contribution >= 0.6 is 12.4 Å². The summed E-state index contributed by atoms with van der Waals surface area (Å²) in [6, 6.07) is 13.2. The molecule has 13 nitrogen and oxygen atoms in total. The maximum absolute atomic E-state index is 14.1. The van der Waals surface area contributed by atoms with Gasteiger partial charge in [0.2, 0.25) is 17.6 Å². The summed E-state index contributed by atoms with van der Waals surface area (Å²) in [5.41, 5.74) is 14.0. The molecule has 44 heavy (non-hydrogen) atoms. The number of carbonyl (C=O) groups is 2. The summed E-state index contributed by atoms with van der Waals surface area (Å²) in [6.45, 7) is 0.591. The molecule has 0 bridgehead atoms. The maximum atomic E-state index is 14.1. The molecule has 2 amide bonds. The summed E-state index contributed by atoms with van der Waals surface area (Å²) in [5.74, 6) is -0.255. The van der Waals surface area contributed by atoms with Crippen LogP contribution in [0.4, 0.5) is 5.69 Å². The van der Waals surface area contributed by atoms with Crippen LogP contribution in [0.25, 0.3) is 22.5 Å². The number of rotatable bonds is 9. The van der Waals surface area contributed by atoms with Gasteiger partial charge in [-0.05, 0) is 78.8 Å². The molecular formula is C30H36ClN9O4. The highest BCUT2D eigenvalue weighted by atomic mass is 35.5. The lowest BCUT2D eigenvalue weighted by Gasteiger charge is -2.35. The fourth-order valence-corrected chi connectivity index (χ4v) is 5.73. The molecule has 1 aliphatic rings. The van der Waals surface area contributed by atoms with Gasteiger partial charge in [-0.2, -0.15) is 5.21 Å². The minimum atomic E-state index is -0.966. The Labute approximate surface area is 259 Å². The number of nitrogens with two attached hydrogens (primary N) is 2. The standard InChI is InChI=1S/C30H35N9O4.ClH/c1-37-17-24(29(42)38(2)30(37)43)20-7-3-18(4-8-20)15-25(26(32)40)39(28(41)22-9-5-19(16-31)6-10-22)23-13-11-21(12-14-23)27-33-35-36-34-27;/h3-4,7-8,11-14,17,19,22,25H,5-6,9-10,15-16,31H2,1-2H3,(H2,32,40)(H,33,34,35,36);1H/t19-,22-,25-;/m0./s1. The second-order valence-electron chi connectivity index (χ2n) is 11.1. The SMILES string of the molecule is Cl.Cn1cc(-c2ccc(C[C@@H](C(N)=O)N(c3ccc(-c4nn[nH]n4)cc3)C(=O)[C@H]3CC[C@H](CN)CC3)cc2)c(=O)n(C)c1=O. The number of benzene rings is 2. The number of aromatic amines is 1. The number of anilines is 1. The zero-order chi connectivity index (χ0) is 30.7. The van der Waals surface area contributed by atoms with Gasteiger partial charge in [0.1, 0.15) is 6.04 Å². The number of amides is 2. The number of hydrogen-bond acceptors (Lipinski definition) is 8. The molecule has 0 radical (unpaired) electrons. The van der Waals surface area contributed by atoms with Gasteiger partial charge >= 0.3 is 5.69 Å². The summed E-state index contributed by atoms with van der Waals surface area (Å²) in [5, 5.41) is 14.0. The first kappa shape index (κ1) is 32.3. The van der Waals surface area contributed by atoms with Gasteiger partial charge in [-0.15, -0.1) is 22.6 Å². The predicted octanol–water partition coefficient (Wildman–Crippen LogP) is 1.55. The number of primary amides is 1. The number of nitrogens with one attached hydrogen (secondary N) is 1. The quantitative estimate of drug-likeness (QED) is 0.251. The van der Waals surface area contributed by atoms with Crippen LogP contribution in [0.15, 0.2) is 64.3 Å². The van der Waals surface area contributed by atoms with Crippen molar-refractivity contribution in [3.05, 3.63) is 81.1 Å². The lowest BCUT2D eigenvalue weighted by Crippen LogP contribution is -2.52. The molecule has 14 heteroatoms. The number of halogens is 1. The van der Waals surface area contributed by atoms with E-state index in [4.69, 9.17) is 11.5 Å². The zero-order valence-corrected chi connectivity index (χ0v) is 25.4. The Balaban J connectivity index is 0.00000442. The molecule has 0 aliphatic heterocycles. The zero-order valence-electron chi connectivity index (χ0n) is 24.6. The molecule has 5 N–H and O–H groups in total.